The van der Waals surface area contributed by atoms with Crippen molar-refractivity contribution >= 4 is 27.2 Å². The first-order valence-corrected chi connectivity index (χ1v) is 7.85. The fourth-order valence-electron chi connectivity index (χ4n) is 3.13. The number of hydrogen-bond acceptors (Lipinski definition) is 5. The Labute approximate surface area is 137 Å². The third kappa shape index (κ3) is 2.32. The zero-order chi connectivity index (χ0) is 16.8. The number of nitriles is 1. The molecule has 118 valence electrons. The average molecular weight is 327 g/mol. The van der Waals surface area contributed by atoms with Crippen LogP contribution in [0.15, 0.2) is 40.8 Å². The van der Waals surface area contributed by atoms with E-state index < -0.39 is 10.6 Å². The maximum atomic E-state index is 12.5. The Hall–Kier alpha value is -2.25. The van der Waals surface area contributed by atoms with Gasteiger partial charge < -0.3 is 4.57 Å². The smallest absolute Gasteiger partial charge is 0.226 e. The molecule has 6 nitrogen and oxygen atoms in total. The summed E-state index contributed by atoms with van der Waals surface area (Å²) in [6.07, 6.45) is 9.03. The van der Waals surface area contributed by atoms with Crippen LogP contribution >= 0.6 is 9.24 Å². The Morgan fingerprint density at radius 1 is 1.43 bits per heavy atom. The molecule has 2 aliphatic rings. The molecule has 0 spiro atoms. The highest BCUT2D eigenvalue weighted by atomic mass is 31.0. The van der Waals surface area contributed by atoms with Crippen molar-refractivity contribution in [2.75, 3.05) is 11.6 Å². The number of fused-ring (bicyclic) bond motifs is 1. The van der Waals surface area contributed by atoms with Crippen molar-refractivity contribution in [1.29, 1.82) is 5.26 Å². The highest BCUT2D eigenvalue weighted by Crippen LogP contribution is 2.47. The highest BCUT2D eigenvalue weighted by molar-refractivity contribution is 7.21. The summed E-state index contributed by atoms with van der Waals surface area (Å²) < 4.78 is 1.88. The Morgan fingerprint density at radius 2 is 2.17 bits per heavy atom. The number of aromatic nitrogens is 2. The minimum Gasteiger partial charge on any atom is -0.319 e. The number of anilines is 1. The Morgan fingerprint density at radius 3 is 2.78 bits per heavy atom. The lowest BCUT2D eigenvalue weighted by atomic mass is 9.67. The van der Waals surface area contributed by atoms with Crippen LogP contribution in [0.25, 0.3) is 0 Å². The van der Waals surface area contributed by atoms with Gasteiger partial charge in [-0.15, -0.1) is 9.24 Å². The number of Topliss-reactive ketones (excluding diaryl/α,β-unsaturated/α-hetero) is 1. The van der Waals surface area contributed by atoms with Gasteiger partial charge in [0.15, 0.2) is 5.78 Å². The first-order valence-electron chi connectivity index (χ1n) is 7.27. The first kappa shape index (κ1) is 15.6. The van der Waals surface area contributed by atoms with Crippen LogP contribution in [0.3, 0.4) is 0 Å². The van der Waals surface area contributed by atoms with E-state index in [2.05, 4.69) is 19.3 Å². The average Bonchev–Trinajstić information content (AvgIpc) is 2.83. The van der Waals surface area contributed by atoms with E-state index in [1.807, 2.05) is 43.8 Å². The maximum Gasteiger partial charge on any atom is 0.226 e. The molecule has 23 heavy (non-hydrogen) atoms. The second kappa shape index (κ2) is 5.14. The summed E-state index contributed by atoms with van der Waals surface area (Å²) in [4.78, 5) is 16.8. The third-order valence-corrected chi connectivity index (χ3v) is 4.99. The van der Waals surface area contributed by atoms with Crippen molar-refractivity contribution in [1.82, 2.24) is 9.55 Å². The molecule has 1 aromatic rings. The lowest BCUT2D eigenvalue weighted by molar-refractivity contribution is -0.121. The summed E-state index contributed by atoms with van der Waals surface area (Å²) >= 11 is 0. The van der Waals surface area contributed by atoms with E-state index in [1.165, 1.54) is 0 Å². The predicted molar refractivity (Wildman–Crippen MR) is 92.1 cm³/mol. The molecule has 0 saturated carbocycles. The molecule has 0 fully saturated rings. The molecule has 0 amide bonds. The van der Waals surface area contributed by atoms with Crippen LogP contribution in [-0.2, 0) is 11.8 Å². The number of hydrogen-bond donors (Lipinski definition) is 0. The number of aryl methyl sites for hydroxylation is 1. The van der Waals surface area contributed by atoms with Crippen molar-refractivity contribution in [2.24, 2.45) is 17.6 Å². The lowest BCUT2D eigenvalue weighted by Gasteiger charge is -2.39. The molecule has 3 rings (SSSR count). The van der Waals surface area contributed by atoms with Gasteiger partial charge in [-0.05, 0) is 25.5 Å². The Bertz CT molecular complexity index is 811. The number of carbonyl (C=O) groups excluding carboxylic acids is 1. The van der Waals surface area contributed by atoms with Gasteiger partial charge in [0.05, 0.1) is 22.7 Å². The SMILES string of the molecule is Cn1ccnc1N1CC=C2C(C)(C)C(=O)C(C#N)=C[C@@]2(P)C=N1. The Kier molecular flexibility index (Phi) is 3.50. The molecule has 0 aromatic carbocycles. The van der Waals surface area contributed by atoms with Crippen LogP contribution in [0.5, 0.6) is 0 Å². The molecule has 7 heteroatoms. The minimum absolute atomic E-state index is 0.150. The van der Waals surface area contributed by atoms with E-state index in [-0.39, 0.29) is 11.4 Å². The summed E-state index contributed by atoms with van der Waals surface area (Å²) in [5, 5.41) is 14.9. The van der Waals surface area contributed by atoms with Gasteiger partial charge in [-0.3, -0.25) is 4.79 Å². The molecule has 1 aliphatic carbocycles. The van der Waals surface area contributed by atoms with Crippen LogP contribution in [0.2, 0.25) is 0 Å². The van der Waals surface area contributed by atoms with Crippen molar-refractivity contribution in [3.63, 3.8) is 0 Å². The molecule has 0 N–H and O–H groups in total. The lowest BCUT2D eigenvalue weighted by Crippen LogP contribution is -2.42. The number of hydrazone groups is 1. The van der Waals surface area contributed by atoms with Crippen LogP contribution in [0.4, 0.5) is 5.95 Å². The second-order valence-electron chi connectivity index (χ2n) is 6.34. The second-order valence-corrected chi connectivity index (χ2v) is 7.29. The van der Waals surface area contributed by atoms with Gasteiger partial charge in [0.2, 0.25) is 5.95 Å². The molecule has 1 aromatic heterocycles. The van der Waals surface area contributed by atoms with Crippen molar-refractivity contribution < 1.29 is 4.79 Å². The molecule has 0 radical (unpaired) electrons. The van der Waals surface area contributed by atoms with Crippen LogP contribution < -0.4 is 5.01 Å². The van der Waals surface area contributed by atoms with E-state index in [0.717, 1.165) is 11.5 Å². The minimum atomic E-state index is -0.745. The normalized spacial score (nSPS) is 26.0. The summed E-state index contributed by atoms with van der Waals surface area (Å²) in [6.45, 7) is 4.22. The van der Waals surface area contributed by atoms with E-state index in [1.54, 1.807) is 23.5 Å². The molecule has 2 heterocycles. The number of allylic oxidation sites excluding steroid dienone is 3. The molecular formula is C16H18N5OP. The number of nitrogens with zero attached hydrogens (tertiary/aromatic N) is 5. The van der Waals surface area contributed by atoms with E-state index in [0.29, 0.717) is 6.54 Å². The van der Waals surface area contributed by atoms with Crippen LogP contribution in [0, 0.1) is 16.7 Å². The number of rotatable bonds is 1. The summed E-state index contributed by atoms with van der Waals surface area (Å²) in [6, 6.07) is 2.02. The number of carbonyl (C=O) groups is 1. The van der Waals surface area contributed by atoms with E-state index >= 15 is 0 Å². The van der Waals surface area contributed by atoms with Crippen LogP contribution in [0.1, 0.15) is 13.8 Å². The maximum absolute atomic E-state index is 12.5. The quantitative estimate of drug-likeness (QED) is 0.582. The Balaban J connectivity index is 2.12. The zero-order valence-electron chi connectivity index (χ0n) is 13.3. The summed E-state index contributed by atoms with van der Waals surface area (Å²) in [7, 11) is 4.63. The van der Waals surface area contributed by atoms with Gasteiger partial charge in [-0.25, -0.2) is 9.99 Å². The molecule has 0 saturated heterocycles. The monoisotopic (exact) mass is 327 g/mol. The van der Waals surface area contributed by atoms with Gasteiger partial charge in [0.1, 0.15) is 6.07 Å². The van der Waals surface area contributed by atoms with Crippen LogP contribution in [-0.4, -0.2) is 33.2 Å². The van der Waals surface area contributed by atoms with Crippen molar-refractivity contribution in [2.45, 2.75) is 19.0 Å². The van der Waals surface area contributed by atoms with Crippen molar-refractivity contribution in [3.8, 4) is 6.07 Å². The van der Waals surface area contributed by atoms with Gasteiger partial charge in [-0.1, -0.05) is 6.08 Å². The van der Waals surface area contributed by atoms with Crippen molar-refractivity contribution in [3.05, 3.63) is 35.7 Å². The zero-order valence-corrected chi connectivity index (χ0v) is 14.5. The van der Waals surface area contributed by atoms with Gasteiger partial charge in [-0.2, -0.15) is 10.4 Å². The summed E-state index contributed by atoms with van der Waals surface area (Å²) in [5.74, 6) is 0.571. The predicted octanol–water partition coefficient (Wildman–Crippen LogP) is 1.83. The first-order chi connectivity index (χ1) is 10.8. The third-order valence-electron chi connectivity index (χ3n) is 4.36. The fourth-order valence-corrected chi connectivity index (χ4v) is 3.85. The fraction of sp³-hybridized carbons (Fsp3) is 0.375. The largest absolute Gasteiger partial charge is 0.319 e. The molecule has 1 aliphatic heterocycles. The highest BCUT2D eigenvalue weighted by Gasteiger charge is 2.47. The van der Waals surface area contributed by atoms with Gasteiger partial charge >= 0.3 is 0 Å². The van der Waals surface area contributed by atoms with Gasteiger partial charge in [0, 0.05) is 25.7 Å². The van der Waals surface area contributed by atoms with E-state index in [4.69, 9.17) is 0 Å². The standard InChI is InChI=1S/C16H18N5OP/c1-15(2)12-4-6-21(14-18-5-7-20(14)3)19-10-16(12,23)8-11(9-17)13(15)22/h4-5,7-8,10H,6,23H2,1-3H3/t16-/m1/s1. The number of imidazole rings is 1. The number of ketones is 1. The van der Waals surface area contributed by atoms with Gasteiger partial charge in [0.25, 0.3) is 0 Å². The molecule has 1 unspecified atom stereocenters. The van der Waals surface area contributed by atoms with E-state index in [9.17, 15) is 10.1 Å². The summed E-state index contributed by atoms with van der Waals surface area (Å²) in [5.41, 5.74) is 0.365. The topological polar surface area (TPSA) is 74.3 Å². The molecule has 0 bridgehead atoms. The molecule has 2 atom stereocenters. The molecular weight excluding hydrogens is 309 g/mol.